The number of rotatable bonds is 3. The molecule has 2 N–H and O–H groups in total. The van der Waals surface area contributed by atoms with Crippen molar-refractivity contribution in [3.63, 3.8) is 0 Å². The van der Waals surface area contributed by atoms with Crippen LogP contribution in [0.5, 0.6) is 0 Å². The molecule has 0 spiro atoms. The van der Waals surface area contributed by atoms with Crippen molar-refractivity contribution in [2.75, 3.05) is 26.8 Å². The highest BCUT2D eigenvalue weighted by Gasteiger charge is 2.35. The van der Waals surface area contributed by atoms with Crippen LogP contribution in [0.2, 0.25) is 5.02 Å². The quantitative estimate of drug-likeness (QED) is 0.403. The van der Waals surface area contributed by atoms with Gasteiger partial charge in [0.05, 0.1) is 0 Å². The zero-order chi connectivity index (χ0) is 16.9. The van der Waals surface area contributed by atoms with Gasteiger partial charge in [-0.2, -0.15) is 0 Å². The monoisotopic (exact) mass is 465 g/mol. The van der Waals surface area contributed by atoms with E-state index in [-0.39, 0.29) is 34.9 Å². The Morgan fingerprint density at radius 1 is 1.29 bits per heavy atom. The van der Waals surface area contributed by atoms with Crippen molar-refractivity contribution >= 4 is 41.5 Å². The largest absolute Gasteiger partial charge is 0.381 e. The fraction of sp³-hybridized carbons (Fsp3) is 0.611. The lowest BCUT2D eigenvalue weighted by Gasteiger charge is -2.39. The minimum Gasteiger partial charge on any atom is -0.381 e. The Bertz CT molecular complexity index is 551. The number of guanidine groups is 1. The predicted octanol–water partition coefficient (Wildman–Crippen LogP) is 3.97. The Morgan fingerprint density at radius 2 is 1.96 bits per heavy atom. The average molecular weight is 466 g/mol. The fourth-order valence-corrected chi connectivity index (χ4v) is 3.13. The van der Waals surface area contributed by atoms with Crippen LogP contribution in [-0.2, 0) is 10.2 Å². The van der Waals surface area contributed by atoms with Gasteiger partial charge in [0.15, 0.2) is 5.96 Å². The minimum atomic E-state index is -0.0270. The van der Waals surface area contributed by atoms with E-state index in [0.29, 0.717) is 0 Å². The zero-order valence-electron chi connectivity index (χ0n) is 15.0. The number of benzene rings is 1. The van der Waals surface area contributed by atoms with Gasteiger partial charge in [0, 0.05) is 42.8 Å². The molecule has 24 heavy (non-hydrogen) atoms. The highest BCUT2D eigenvalue weighted by Crippen LogP contribution is 2.35. The first-order chi connectivity index (χ1) is 10.8. The van der Waals surface area contributed by atoms with Crippen LogP contribution in [-0.4, -0.2) is 38.3 Å². The van der Waals surface area contributed by atoms with E-state index in [1.807, 2.05) is 12.1 Å². The second-order valence-corrected chi connectivity index (χ2v) is 7.64. The van der Waals surface area contributed by atoms with E-state index in [1.165, 1.54) is 5.56 Å². The molecule has 1 aromatic rings. The van der Waals surface area contributed by atoms with E-state index in [2.05, 4.69) is 48.5 Å². The van der Waals surface area contributed by atoms with Gasteiger partial charge in [-0.15, -0.1) is 24.0 Å². The summed E-state index contributed by atoms with van der Waals surface area (Å²) in [5.41, 5.74) is 1.27. The summed E-state index contributed by atoms with van der Waals surface area (Å²) in [4.78, 5) is 4.34. The van der Waals surface area contributed by atoms with E-state index >= 15 is 0 Å². The van der Waals surface area contributed by atoms with Crippen molar-refractivity contribution in [2.24, 2.45) is 4.99 Å². The third-order valence-corrected chi connectivity index (χ3v) is 4.43. The first kappa shape index (κ1) is 21.5. The maximum absolute atomic E-state index is 6.22. The summed E-state index contributed by atoms with van der Waals surface area (Å²) in [6.07, 6.45) is 1.96. The standard InChI is InChI=1S/C18H28ClN3O.HI/c1-17(2,3)22-16(20-4)21-13-18(8-10-23-11-9-18)14-6-5-7-15(19)12-14;/h5-7,12H,8-11,13H2,1-4H3,(H2,20,21,22);1H. The van der Waals surface area contributed by atoms with Gasteiger partial charge in [-0.1, -0.05) is 23.7 Å². The van der Waals surface area contributed by atoms with Crippen LogP contribution in [0.1, 0.15) is 39.2 Å². The average Bonchev–Trinajstić information content (AvgIpc) is 2.51. The molecular formula is C18H29ClIN3O. The second-order valence-electron chi connectivity index (χ2n) is 7.20. The molecule has 1 aliphatic heterocycles. The molecule has 1 heterocycles. The molecule has 6 heteroatoms. The van der Waals surface area contributed by atoms with Crippen LogP contribution in [0, 0.1) is 0 Å². The molecule has 0 amide bonds. The topological polar surface area (TPSA) is 45.7 Å². The maximum atomic E-state index is 6.22. The molecule has 0 bridgehead atoms. The van der Waals surface area contributed by atoms with E-state index in [1.54, 1.807) is 7.05 Å². The van der Waals surface area contributed by atoms with Gasteiger partial charge in [-0.3, -0.25) is 4.99 Å². The third kappa shape index (κ3) is 6.08. The van der Waals surface area contributed by atoms with Crippen LogP contribution < -0.4 is 10.6 Å². The van der Waals surface area contributed by atoms with Crippen molar-refractivity contribution in [1.82, 2.24) is 10.6 Å². The molecule has 0 atom stereocenters. The van der Waals surface area contributed by atoms with Gasteiger partial charge in [0.25, 0.3) is 0 Å². The van der Waals surface area contributed by atoms with Crippen LogP contribution >= 0.6 is 35.6 Å². The van der Waals surface area contributed by atoms with Crippen molar-refractivity contribution in [3.05, 3.63) is 34.9 Å². The van der Waals surface area contributed by atoms with Crippen LogP contribution in [0.4, 0.5) is 0 Å². The number of nitrogens with zero attached hydrogens (tertiary/aromatic N) is 1. The molecule has 4 nitrogen and oxygen atoms in total. The Kier molecular flexibility index (Phi) is 8.29. The fourth-order valence-electron chi connectivity index (χ4n) is 2.94. The normalized spacial score (nSPS) is 17.8. The molecule has 1 aromatic carbocycles. The molecule has 1 fully saturated rings. The van der Waals surface area contributed by atoms with E-state index in [4.69, 9.17) is 16.3 Å². The molecule has 1 aliphatic rings. The van der Waals surface area contributed by atoms with Gasteiger partial charge < -0.3 is 15.4 Å². The van der Waals surface area contributed by atoms with Crippen molar-refractivity contribution < 1.29 is 4.74 Å². The lowest BCUT2D eigenvalue weighted by molar-refractivity contribution is 0.0513. The van der Waals surface area contributed by atoms with Crippen LogP contribution in [0.25, 0.3) is 0 Å². The van der Waals surface area contributed by atoms with Gasteiger partial charge in [-0.25, -0.2) is 0 Å². The summed E-state index contributed by atoms with van der Waals surface area (Å²) < 4.78 is 5.58. The van der Waals surface area contributed by atoms with Crippen molar-refractivity contribution in [2.45, 2.75) is 44.6 Å². The Balaban J connectivity index is 0.00000288. The number of aliphatic imine (C=N–C) groups is 1. The lowest BCUT2D eigenvalue weighted by atomic mass is 9.74. The Morgan fingerprint density at radius 3 is 2.50 bits per heavy atom. The summed E-state index contributed by atoms with van der Waals surface area (Å²) in [5.74, 6) is 0.824. The summed E-state index contributed by atoms with van der Waals surface area (Å²) >= 11 is 6.22. The van der Waals surface area contributed by atoms with E-state index < -0.39 is 0 Å². The number of hydrogen-bond donors (Lipinski definition) is 2. The lowest BCUT2D eigenvalue weighted by Crippen LogP contribution is -2.52. The predicted molar refractivity (Wildman–Crippen MR) is 113 cm³/mol. The molecule has 2 rings (SSSR count). The molecular weight excluding hydrogens is 437 g/mol. The molecule has 0 unspecified atom stereocenters. The Labute approximate surface area is 167 Å². The molecule has 0 aliphatic carbocycles. The summed E-state index contributed by atoms with van der Waals surface area (Å²) in [6.45, 7) is 8.74. The first-order valence-electron chi connectivity index (χ1n) is 8.17. The Hall–Kier alpha value is -0.530. The maximum Gasteiger partial charge on any atom is 0.191 e. The van der Waals surface area contributed by atoms with E-state index in [0.717, 1.165) is 43.6 Å². The summed E-state index contributed by atoms with van der Waals surface area (Å²) in [7, 11) is 1.80. The molecule has 136 valence electrons. The minimum absolute atomic E-state index is 0. The van der Waals surface area contributed by atoms with Crippen molar-refractivity contribution in [1.29, 1.82) is 0 Å². The smallest absolute Gasteiger partial charge is 0.191 e. The van der Waals surface area contributed by atoms with Gasteiger partial charge in [0.2, 0.25) is 0 Å². The number of hydrogen-bond acceptors (Lipinski definition) is 2. The number of nitrogens with one attached hydrogen (secondary N) is 2. The number of ether oxygens (including phenoxy) is 1. The van der Waals surface area contributed by atoms with Crippen molar-refractivity contribution in [3.8, 4) is 0 Å². The van der Waals surface area contributed by atoms with Crippen LogP contribution in [0.15, 0.2) is 29.3 Å². The highest BCUT2D eigenvalue weighted by atomic mass is 127. The molecule has 0 saturated carbocycles. The molecule has 1 saturated heterocycles. The van der Waals surface area contributed by atoms with Gasteiger partial charge in [0.1, 0.15) is 0 Å². The van der Waals surface area contributed by atoms with Gasteiger partial charge in [-0.05, 0) is 51.3 Å². The SMILES string of the molecule is CN=C(NCC1(c2cccc(Cl)c2)CCOCC1)NC(C)(C)C.I. The third-order valence-electron chi connectivity index (χ3n) is 4.20. The zero-order valence-corrected chi connectivity index (χ0v) is 18.1. The molecule has 0 radical (unpaired) electrons. The van der Waals surface area contributed by atoms with E-state index in [9.17, 15) is 0 Å². The second kappa shape index (κ2) is 9.25. The summed E-state index contributed by atoms with van der Waals surface area (Å²) in [5, 5.41) is 7.68. The van der Waals surface area contributed by atoms with Gasteiger partial charge >= 0.3 is 0 Å². The summed E-state index contributed by atoms with van der Waals surface area (Å²) in [6, 6.07) is 8.19. The number of halogens is 2. The highest BCUT2D eigenvalue weighted by molar-refractivity contribution is 14.0. The van der Waals surface area contributed by atoms with Crippen LogP contribution in [0.3, 0.4) is 0 Å². The molecule has 0 aromatic heterocycles. The first-order valence-corrected chi connectivity index (χ1v) is 8.55.